The lowest BCUT2D eigenvalue weighted by molar-refractivity contribution is -0.181. The van der Waals surface area contributed by atoms with Gasteiger partial charge in [0.1, 0.15) is 11.4 Å². The second-order valence-electron chi connectivity index (χ2n) is 10.9. The van der Waals surface area contributed by atoms with Crippen LogP contribution in [-0.2, 0) is 27.0 Å². The van der Waals surface area contributed by atoms with E-state index in [9.17, 15) is 22.8 Å². The van der Waals surface area contributed by atoms with Crippen molar-refractivity contribution in [2.24, 2.45) is 5.92 Å². The summed E-state index contributed by atoms with van der Waals surface area (Å²) < 4.78 is 52.1. The summed E-state index contributed by atoms with van der Waals surface area (Å²) in [5, 5.41) is 8.87. The van der Waals surface area contributed by atoms with Gasteiger partial charge >= 0.3 is 12.1 Å². The lowest BCUT2D eigenvalue weighted by atomic mass is 9.85. The third-order valence-electron chi connectivity index (χ3n) is 8.37. The molecule has 210 valence electrons. The van der Waals surface area contributed by atoms with E-state index in [1.54, 1.807) is 0 Å². The summed E-state index contributed by atoms with van der Waals surface area (Å²) in [7, 11) is 0. The number of amides is 1. The number of carbonyl (C=O) groups is 2. The molecule has 12 heteroatoms. The average molecular weight is 560 g/mol. The van der Waals surface area contributed by atoms with Crippen molar-refractivity contribution < 1.29 is 37.3 Å². The van der Waals surface area contributed by atoms with Crippen LogP contribution >= 0.6 is 11.6 Å². The normalized spacial score (nSPS) is 29.0. The molecule has 3 fully saturated rings. The maximum absolute atomic E-state index is 13.8. The molecular formula is C26H33ClF3N3O5. The van der Waals surface area contributed by atoms with Gasteiger partial charge in [0, 0.05) is 43.8 Å². The second kappa shape index (κ2) is 10.5. The fourth-order valence-corrected chi connectivity index (χ4v) is 6.39. The highest BCUT2D eigenvalue weighted by Gasteiger charge is 2.56. The minimum Gasteiger partial charge on any atom is -0.481 e. The SMILES string of the molecule is C[C@H]1CN(C2CC[C@@](C(=O)N3COc4c(Cl)cc(C(F)(F)F)cc4C3)(C3CC3)OC2)CCN1CCC(=O)O. The van der Waals surface area contributed by atoms with Crippen LogP contribution in [0.15, 0.2) is 12.1 Å². The molecule has 4 aliphatic rings. The largest absolute Gasteiger partial charge is 0.481 e. The van der Waals surface area contributed by atoms with E-state index in [4.69, 9.17) is 26.2 Å². The van der Waals surface area contributed by atoms with Gasteiger partial charge in [-0.1, -0.05) is 11.6 Å². The molecule has 3 aliphatic heterocycles. The molecule has 5 rings (SSSR count). The Balaban J connectivity index is 1.24. The topological polar surface area (TPSA) is 82.6 Å². The van der Waals surface area contributed by atoms with Crippen LogP contribution in [0.25, 0.3) is 0 Å². The molecular weight excluding hydrogens is 527 g/mol. The van der Waals surface area contributed by atoms with Crippen LogP contribution in [0.4, 0.5) is 13.2 Å². The number of rotatable bonds is 6. The molecule has 1 aliphatic carbocycles. The predicted molar refractivity (Wildman–Crippen MR) is 132 cm³/mol. The molecule has 38 heavy (non-hydrogen) atoms. The van der Waals surface area contributed by atoms with E-state index in [0.29, 0.717) is 19.6 Å². The van der Waals surface area contributed by atoms with Gasteiger partial charge in [0.25, 0.3) is 5.91 Å². The van der Waals surface area contributed by atoms with Gasteiger partial charge in [-0.05, 0) is 50.7 Å². The van der Waals surface area contributed by atoms with Crippen LogP contribution in [0.5, 0.6) is 5.75 Å². The Hall–Kier alpha value is -2.08. The number of hydrogen-bond acceptors (Lipinski definition) is 6. The van der Waals surface area contributed by atoms with Gasteiger partial charge in [-0.15, -0.1) is 0 Å². The molecule has 1 amide bonds. The summed E-state index contributed by atoms with van der Waals surface area (Å²) in [6.07, 6.45) is -1.35. The van der Waals surface area contributed by atoms with Crippen LogP contribution in [0, 0.1) is 5.92 Å². The van der Waals surface area contributed by atoms with E-state index in [-0.39, 0.29) is 59.9 Å². The standard InChI is InChI=1S/C26H33ClF3N3O5/c1-16-12-32(9-8-31(16)7-5-22(34)35)20-4-6-25(38-14-20,18-2-3-18)24(36)33-13-17-10-19(26(28,29)30)11-21(27)23(17)37-15-33/h10-11,16,18,20H,2-9,12-15H2,1H3,(H,34,35)/t16-,20?,25-/m0/s1. The van der Waals surface area contributed by atoms with Crippen LogP contribution in [-0.4, -0.2) is 88.9 Å². The molecule has 3 atom stereocenters. The van der Waals surface area contributed by atoms with Gasteiger partial charge in [-0.3, -0.25) is 19.4 Å². The zero-order chi connectivity index (χ0) is 27.2. The summed E-state index contributed by atoms with van der Waals surface area (Å²) in [6.45, 7) is 5.31. The van der Waals surface area contributed by atoms with E-state index in [0.717, 1.165) is 51.0 Å². The van der Waals surface area contributed by atoms with Crippen molar-refractivity contribution in [1.29, 1.82) is 0 Å². The number of nitrogens with zero attached hydrogens (tertiary/aromatic N) is 3. The molecule has 0 radical (unpaired) electrons. The van der Waals surface area contributed by atoms with Crippen molar-refractivity contribution in [2.75, 3.05) is 39.5 Å². The first kappa shape index (κ1) is 27.5. The predicted octanol–water partition coefficient (Wildman–Crippen LogP) is 3.85. The van der Waals surface area contributed by atoms with Crippen molar-refractivity contribution in [1.82, 2.24) is 14.7 Å². The van der Waals surface area contributed by atoms with Crippen molar-refractivity contribution >= 4 is 23.5 Å². The van der Waals surface area contributed by atoms with Gasteiger partial charge in [0.2, 0.25) is 0 Å². The van der Waals surface area contributed by atoms with E-state index in [1.807, 2.05) is 0 Å². The number of carboxylic acids is 1. The van der Waals surface area contributed by atoms with Crippen molar-refractivity contribution in [3.05, 3.63) is 28.3 Å². The molecule has 2 saturated heterocycles. The number of carboxylic acid groups (broad SMARTS) is 1. The number of ether oxygens (including phenoxy) is 2. The third-order valence-corrected chi connectivity index (χ3v) is 8.65. The zero-order valence-corrected chi connectivity index (χ0v) is 22.1. The minimum absolute atomic E-state index is 0.0190. The Morgan fingerprint density at radius 1 is 1.21 bits per heavy atom. The Labute approximate surface area is 224 Å². The van der Waals surface area contributed by atoms with Crippen LogP contribution in [0.2, 0.25) is 5.02 Å². The molecule has 1 saturated carbocycles. The van der Waals surface area contributed by atoms with Crippen LogP contribution < -0.4 is 4.74 Å². The highest BCUT2D eigenvalue weighted by atomic mass is 35.5. The maximum Gasteiger partial charge on any atom is 0.416 e. The Morgan fingerprint density at radius 2 is 1.97 bits per heavy atom. The van der Waals surface area contributed by atoms with E-state index in [1.165, 1.54) is 4.90 Å². The first-order valence-corrected chi connectivity index (χ1v) is 13.5. The molecule has 0 spiro atoms. The summed E-state index contributed by atoms with van der Waals surface area (Å²) in [4.78, 5) is 30.8. The summed E-state index contributed by atoms with van der Waals surface area (Å²) in [5.41, 5.74) is -1.62. The Morgan fingerprint density at radius 3 is 2.58 bits per heavy atom. The molecule has 8 nitrogen and oxygen atoms in total. The van der Waals surface area contributed by atoms with Gasteiger partial charge in [0.15, 0.2) is 6.73 Å². The van der Waals surface area contributed by atoms with Gasteiger partial charge in [0.05, 0.1) is 30.2 Å². The van der Waals surface area contributed by atoms with Gasteiger partial charge in [-0.25, -0.2) is 0 Å². The fraction of sp³-hybridized carbons (Fsp3) is 0.692. The number of halogens is 4. The summed E-state index contributed by atoms with van der Waals surface area (Å²) in [6, 6.07) is 2.23. The number of benzene rings is 1. The number of hydrogen-bond donors (Lipinski definition) is 1. The first-order chi connectivity index (χ1) is 18.0. The number of piperazine rings is 1. The number of alkyl halides is 3. The highest BCUT2D eigenvalue weighted by Crippen LogP contribution is 2.49. The van der Waals surface area contributed by atoms with Crippen LogP contribution in [0.3, 0.4) is 0 Å². The second-order valence-corrected chi connectivity index (χ2v) is 11.3. The minimum atomic E-state index is -4.55. The zero-order valence-electron chi connectivity index (χ0n) is 21.3. The first-order valence-electron chi connectivity index (χ1n) is 13.1. The summed E-state index contributed by atoms with van der Waals surface area (Å²) >= 11 is 6.07. The lowest BCUT2D eigenvalue weighted by Crippen LogP contribution is -2.61. The van der Waals surface area contributed by atoms with Crippen molar-refractivity contribution in [2.45, 2.75) is 69.4 Å². The number of aliphatic carboxylic acids is 1. The number of fused-ring (bicyclic) bond motifs is 1. The quantitative estimate of drug-likeness (QED) is 0.567. The molecule has 3 heterocycles. The molecule has 0 bridgehead atoms. The molecule has 1 N–H and O–H groups in total. The molecule has 1 aromatic carbocycles. The van der Waals surface area contributed by atoms with Gasteiger partial charge < -0.3 is 19.5 Å². The summed E-state index contributed by atoms with van der Waals surface area (Å²) in [5.74, 6) is -0.753. The Bertz CT molecular complexity index is 1070. The lowest BCUT2D eigenvalue weighted by Gasteiger charge is -2.48. The van der Waals surface area contributed by atoms with E-state index >= 15 is 0 Å². The Kier molecular flexibility index (Phi) is 7.58. The monoisotopic (exact) mass is 559 g/mol. The van der Waals surface area contributed by atoms with Crippen LogP contribution in [0.1, 0.15) is 50.2 Å². The smallest absolute Gasteiger partial charge is 0.416 e. The fourth-order valence-electron chi connectivity index (χ4n) is 6.10. The highest BCUT2D eigenvalue weighted by molar-refractivity contribution is 6.32. The van der Waals surface area contributed by atoms with Crippen molar-refractivity contribution in [3.63, 3.8) is 0 Å². The number of carbonyl (C=O) groups excluding carboxylic acids is 1. The maximum atomic E-state index is 13.8. The molecule has 1 unspecified atom stereocenters. The van der Waals surface area contributed by atoms with E-state index in [2.05, 4.69) is 16.7 Å². The van der Waals surface area contributed by atoms with Crippen molar-refractivity contribution in [3.8, 4) is 5.75 Å². The molecule has 1 aromatic rings. The average Bonchev–Trinajstić information content (AvgIpc) is 3.73. The molecule has 0 aromatic heterocycles. The third kappa shape index (κ3) is 5.48. The van der Waals surface area contributed by atoms with Gasteiger partial charge in [-0.2, -0.15) is 13.2 Å². The van der Waals surface area contributed by atoms with E-state index < -0.39 is 23.3 Å².